The van der Waals surface area contributed by atoms with Crippen molar-refractivity contribution < 1.29 is 9.53 Å². The number of nitrogen functional groups attached to an aromatic ring is 1. The summed E-state index contributed by atoms with van der Waals surface area (Å²) in [6.07, 6.45) is 0.297. The van der Waals surface area contributed by atoms with E-state index in [1.54, 1.807) is 30.2 Å². The first-order chi connectivity index (χ1) is 9.10. The number of nitrogens with two attached hydrogens (primary N) is 1. The molecule has 1 rings (SSSR count). The standard InChI is InChI=1S/C13H16BrN3O2/c1-19-8-7-17(6-2-5-15)13(18)10-3-4-12(16)11(14)9-10/h3-4,9H,2,6-8,16H2,1H3. The van der Waals surface area contributed by atoms with Crippen LogP contribution in [0.2, 0.25) is 0 Å². The highest BCUT2D eigenvalue weighted by Crippen LogP contribution is 2.21. The lowest BCUT2D eigenvalue weighted by Crippen LogP contribution is -2.34. The number of carbonyl (C=O) groups excluding carboxylic acids is 1. The van der Waals surface area contributed by atoms with Crippen molar-refractivity contribution in [3.05, 3.63) is 28.2 Å². The number of hydrogen-bond acceptors (Lipinski definition) is 4. The lowest BCUT2D eigenvalue weighted by atomic mass is 10.1. The van der Waals surface area contributed by atoms with Crippen molar-refractivity contribution in [2.75, 3.05) is 32.5 Å². The number of rotatable bonds is 6. The third-order valence-corrected chi connectivity index (χ3v) is 3.28. The molecular formula is C13H16BrN3O2. The molecule has 0 aliphatic heterocycles. The van der Waals surface area contributed by atoms with Crippen LogP contribution >= 0.6 is 15.9 Å². The van der Waals surface area contributed by atoms with Crippen LogP contribution in [-0.2, 0) is 4.74 Å². The minimum Gasteiger partial charge on any atom is -0.398 e. The van der Waals surface area contributed by atoms with E-state index in [9.17, 15) is 4.79 Å². The molecule has 5 nitrogen and oxygen atoms in total. The fourth-order valence-electron chi connectivity index (χ4n) is 1.54. The lowest BCUT2D eigenvalue weighted by Gasteiger charge is -2.21. The Morgan fingerprint density at radius 1 is 1.53 bits per heavy atom. The van der Waals surface area contributed by atoms with Gasteiger partial charge in [-0.05, 0) is 34.1 Å². The van der Waals surface area contributed by atoms with E-state index in [1.165, 1.54) is 0 Å². The number of benzene rings is 1. The van der Waals surface area contributed by atoms with E-state index in [0.717, 1.165) is 0 Å². The second kappa shape index (κ2) is 7.77. The smallest absolute Gasteiger partial charge is 0.254 e. The van der Waals surface area contributed by atoms with Crippen molar-refractivity contribution in [1.29, 1.82) is 5.26 Å². The molecule has 0 heterocycles. The van der Waals surface area contributed by atoms with Gasteiger partial charge in [0.2, 0.25) is 0 Å². The zero-order chi connectivity index (χ0) is 14.3. The second-order valence-corrected chi connectivity index (χ2v) is 4.78. The van der Waals surface area contributed by atoms with E-state index in [0.29, 0.717) is 41.8 Å². The van der Waals surface area contributed by atoms with Crippen LogP contribution in [0.1, 0.15) is 16.8 Å². The van der Waals surface area contributed by atoms with E-state index < -0.39 is 0 Å². The van der Waals surface area contributed by atoms with Crippen LogP contribution in [-0.4, -0.2) is 37.6 Å². The zero-order valence-corrected chi connectivity index (χ0v) is 12.3. The van der Waals surface area contributed by atoms with Gasteiger partial charge in [0.15, 0.2) is 0 Å². The summed E-state index contributed by atoms with van der Waals surface area (Å²) in [5, 5.41) is 8.63. The van der Waals surface area contributed by atoms with Gasteiger partial charge in [-0.15, -0.1) is 0 Å². The summed E-state index contributed by atoms with van der Waals surface area (Å²) in [7, 11) is 1.58. The number of ether oxygens (including phenoxy) is 1. The molecule has 0 bridgehead atoms. The van der Waals surface area contributed by atoms with Gasteiger partial charge in [-0.2, -0.15) is 5.26 Å². The maximum absolute atomic E-state index is 12.3. The Labute approximate surface area is 121 Å². The maximum atomic E-state index is 12.3. The average Bonchev–Trinajstić information content (AvgIpc) is 2.41. The van der Waals surface area contributed by atoms with Gasteiger partial charge in [0, 0.05) is 35.9 Å². The van der Waals surface area contributed by atoms with Crippen molar-refractivity contribution in [1.82, 2.24) is 4.90 Å². The monoisotopic (exact) mass is 325 g/mol. The Balaban J connectivity index is 2.84. The topological polar surface area (TPSA) is 79.3 Å². The molecule has 0 aliphatic rings. The van der Waals surface area contributed by atoms with Crippen molar-refractivity contribution in [2.45, 2.75) is 6.42 Å². The van der Waals surface area contributed by atoms with Crippen LogP contribution in [0.4, 0.5) is 5.69 Å². The van der Waals surface area contributed by atoms with Crippen LogP contribution < -0.4 is 5.73 Å². The fraction of sp³-hybridized carbons (Fsp3) is 0.385. The van der Waals surface area contributed by atoms with Crippen molar-refractivity contribution in [3.63, 3.8) is 0 Å². The molecule has 6 heteroatoms. The van der Waals surface area contributed by atoms with Gasteiger partial charge in [0.1, 0.15) is 0 Å². The Morgan fingerprint density at radius 2 is 2.26 bits per heavy atom. The van der Waals surface area contributed by atoms with Crippen LogP contribution in [0.3, 0.4) is 0 Å². The first kappa shape index (κ1) is 15.5. The van der Waals surface area contributed by atoms with Crippen molar-refractivity contribution in [2.24, 2.45) is 0 Å². The van der Waals surface area contributed by atoms with Gasteiger partial charge in [0.25, 0.3) is 5.91 Å². The number of halogens is 1. The number of methoxy groups -OCH3 is 1. The number of anilines is 1. The molecule has 0 aromatic heterocycles. The Hall–Kier alpha value is -1.58. The minimum atomic E-state index is -0.131. The number of nitrogens with zero attached hydrogens (tertiary/aromatic N) is 2. The summed E-state index contributed by atoms with van der Waals surface area (Å²) in [4.78, 5) is 13.9. The van der Waals surface area contributed by atoms with E-state index in [1.807, 2.05) is 6.07 Å². The average molecular weight is 326 g/mol. The molecule has 19 heavy (non-hydrogen) atoms. The molecule has 0 fully saturated rings. The van der Waals surface area contributed by atoms with Gasteiger partial charge >= 0.3 is 0 Å². The van der Waals surface area contributed by atoms with Gasteiger partial charge < -0.3 is 15.4 Å². The van der Waals surface area contributed by atoms with Crippen molar-refractivity contribution in [3.8, 4) is 6.07 Å². The normalized spacial score (nSPS) is 9.95. The third-order valence-electron chi connectivity index (χ3n) is 2.59. The molecule has 1 aromatic rings. The highest BCUT2D eigenvalue weighted by molar-refractivity contribution is 9.10. The van der Waals surface area contributed by atoms with Gasteiger partial charge in [-0.25, -0.2) is 0 Å². The van der Waals surface area contributed by atoms with Crippen LogP contribution in [0.5, 0.6) is 0 Å². The Morgan fingerprint density at radius 3 is 2.84 bits per heavy atom. The lowest BCUT2D eigenvalue weighted by molar-refractivity contribution is 0.0700. The maximum Gasteiger partial charge on any atom is 0.254 e. The predicted octanol–water partition coefficient (Wildman–Crippen LogP) is 2.03. The second-order valence-electron chi connectivity index (χ2n) is 3.93. The third kappa shape index (κ3) is 4.54. The first-order valence-electron chi connectivity index (χ1n) is 5.80. The van der Waals surface area contributed by atoms with Crippen LogP contribution in [0.25, 0.3) is 0 Å². The SMILES string of the molecule is COCCN(CCC#N)C(=O)c1ccc(N)c(Br)c1. The minimum absolute atomic E-state index is 0.131. The fourth-order valence-corrected chi connectivity index (χ4v) is 1.92. The van der Waals surface area contributed by atoms with Gasteiger partial charge in [0.05, 0.1) is 19.1 Å². The summed E-state index contributed by atoms with van der Waals surface area (Å²) < 4.78 is 5.66. The summed E-state index contributed by atoms with van der Waals surface area (Å²) >= 11 is 3.30. The zero-order valence-electron chi connectivity index (χ0n) is 10.7. The van der Waals surface area contributed by atoms with Crippen LogP contribution in [0.15, 0.2) is 22.7 Å². The molecule has 1 amide bonds. The molecule has 0 radical (unpaired) electrons. The van der Waals surface area contributed by atoms with E-state index in [2.05, 4.69) is 15.9 Å². The summed E-state index contributed by atoms with van der Waals surface area (Å²) in [6.45, 7) is 1.28. The van der Waals surface area contributed by atoms with Gasteiger partial charge in [-0.3, -0.25) is 4.79 Å². The number of carbonyl (C=O) groups is 1. The van der Waals surface area contributed by atoms with Crippen molar-refractivity contribution >= 4 is 27.5 Å². The van der Waals surface area contributed by atoms with E-state index in [4.69, 9.17) is 15.7 Å². The summed E-state index contributed by atoms with van der Waals surface area (Å²) in [5.41, 5.74) is 6.81. The molecule has 0 aliphatic carbocycles. The largest absolute Gasteiger partial charge is 0.398 e. The molecule has 0 atom stereocenters. The highest BCUT2D eigenvalue weighted by Gasteiger charge is 2.16. The molecule has 0 saturated carbocycles. The summed E-state index contributed by atoms with van der Waals surface area (Å²) in [6, 6.07) is 7.07. The number of hydrogen-bond donors (Lipinski definition) is 1. The first-order valence-corrected chi connectivity index (χ1v) is 6.59. The molecular weight excluding hydrogens is 310 g/mol. The van der Waals surface area contributed by atoms with E-state index >= 15 is 0 Å². The van der Waals surface area contributed by atoms with E-state index in [-0.39, 0.29) is 5.91 Å². The molecule has 1 aromatic carbocycles. The number of amides is 1. The molecule has 0 saturated heterocycles. The molecule has 0 unspecified atom stereocenters. The quantitative estimate of drug-likeness (QED) is 0.811. The highest BCUT2D eigenvalue weighted by atomic mass is 79.9. The Bertz CT molecular complexity index is 485. The predicted molar refractivity (Wildman–Crippen MR) is 76.6 cm³/mol. The van der Waals surface area contributed by atoms with Crippen LogP contribution in [0, 0.1) is 11.3 Å². The molecule has 102 valence electrons. The molecule has 0 spiro atoms. The summed E-state index contributed by atoms with van der Waals surface area (Å²) in [5.74, 6) is -0.131. The molecule has 2 N–H and O–H groups in total. The Kier molecular flexibility index (Phi) is 6.33. The number of nitriles is 1. The van der Waals surface area contributed by atoms with Gasteiger partial charge in [-0.1, -0.05) is 0 Å².